The van der Waals surface area contributed by atoms with Gasteiger partial charge in [0.1, 0.15) is 0 Å². The zero-order valence-corrected chi connectivity index (χ0v) is 14.5. The van der Waals surface area contributed by atoms with Gasteiger partial charge in [0.2, 0.25) is 5.91 Å². The minimum Gasteiger partial charge on any atom is -0.481 e. The zero-order chi connectivity index (χ0) is 17.9. The van der Waals surface area contributed by atoms with Crippen LogP contribution < -0.4 is 5.32 Å². The van der Waals surface area contributed by atoms with Gasteiger partial charge >= 0.3 is 5.97 Å². The second kappa shape index (κ2) is 6.87. The van der Waals surface area contributed by atoms with Crippen LogP contribution in [0.1, 0.15) is 36.1 Å². The molecule has 0 saturated heterocycles. The third kappa shape index (κ3) is 3.82. The number of amides is 1. The van der Waals surface area contributed by atoms with Crippen molar-refractivity contribution in [1.82, 2.24) is 0 Å². The van der Waals surface area contributed by atoms with Crippen molar-refractivity contribution in [1.29, 1.82) is 0 Å². The molecule has 0 bridgehead atoms. The molecule has 0 saturated carbocycles. The van der Waals surface area contributed by atoms with Gasteiger partial charge in [-0.3, -0.25) is 9.59 Å². The van der Waals surface area contributed by atoms with Crippen molar-refractivity contribution >= 4 is 17.6 Å². The first-order chi connectivity index (χ1) is 11.2. The van der Waals surface area contributed by atoms with Gasteiger partial charge in [-0.1, -0.05) is 30.3 Å². The fraction of sp³-hybridized carbons (Fsp3) is 0.300. The van der Waals surface area contributed by atoms with Crippen LogP contribution in [0.25, 0.3) is 0 Å². The van der Waals surface area contributed by atoms with Crippen LogP contribution in [-0.2, 0) is 21.4 Å². The second-order valence-electron chi connectivity index (χ2n) is 6.60. The molecule has 0 aliphatic carbocycles. The Morgan fingerprint density at radius 1 is 1.00 bits per heavy atom. The van der Waals surface area contributed by atoms with E-state index in [9.17, 15) is 14.7 Å². The SMILES string of the molecule is Cc1cccc(C)c1CC(=O)Nc1ccc(C(C)(C)C(=O)O)cc1. The van der Waals surface area contributed by atoms with Crippen molar-refractivity contribution < 1.29 is 14.7 Å². The molecule has 4 nitrogen and oxygen atoms in total. The third-order valence-electron chi connectivity index (χ3n) is 4.41. The van der Waals surface area contributed by atoms with Gasteiger partial charge in [0, 0.05) is 5.69 Å². The number of carbonyl (C=O) groups excluding carboxylic acids is 1. The number of benzene rings is 2. The van der Waals surface area contributed by atoms with E-state index >= 15 is 0 Å². The molecule has 0 aromatic heterocycles. The molecule has 2 aromatic carbocycles. The normalized spacial score (nSPS) is 11.2. The van der Waals surface area contributed by atoms with E-state index in [1.54, 1.807) is 38.1 Å². The molecule has 4 heteroatoms. The Morgan fingerprint density at radius 3 is 2.04 bits per heavy atom. The highest BCUT2D eigenvalue weighted by molar-refractivity contribution is 5.92. The molecule has 0 aliphatic heterocycles. The third-order valence-corrected chi connectivity index (χ3v) is 4.41. The summed E-state index contributed by atoms with van der Waals surface area (Å²) < 4.78 is 0. The number of aryl methyl sites for hydroxylation is 2. The van der Waals surface area contributed by atoms with Gasteiger partial charge in [0.25, 0.3) is 0 Å². The fourth-order valence-electron chi connectivity index (χ4n) is 2.59. The number of aliphatic carboxylic acids is 1. The monoisotopic (exact) mass is 325 g/mol. The van der Waals surface area contributed by atoms with Crippen LogP contribution >= 0.6 is 0 Å². The molecule has 0 heterocycles. The number of rotatable bonds is 5. The molecule has 0 atom stereocenters. The maximum absolute atomic E-state index is 12.3. The summed E-state index contributed by atoms with van der Waals surface area (Å²) in [5.41, 5.74) is 3.64. The summed E-state index contributed by atoms with van der Waals surface area (Å²) in [6, 6.07) is 12.9. The Bertz CT molecular complexity index is 741. The van der Waals surface area contributed by atoms with Gasteiger partial charge in [-0.25, -0.2) is 0 Å². The Morgan fingerprint density at radius 2 is 1.54 bits per heavy atom. The van der Waals surface area contributed by atoms with E-state index in [1.165, 1.54) is 0 Å². The van der Waals surface area contributed by atoms with Crippen LogP contribution in [0, 0.1) is 13.8 Å². The lowest BCUT2D eigenvalue weighted by Gasteiger charge is -2.20. The summed E-state index contributed by atoms with van der Waals surface area (Å²) in [5.74, 6) is -0.966. The van der Waals surface area contributed by atoms with E-state index in [0.29, 0.717) is 17.7 Å². The van der Waals surface area contributed by atoms with Gasteiger partial charge in [-0.2, -0.15) is 0 Å². The van der Waals surface area contributed by atoms with Gasteiger partial charge < -0.3 is 10.4 Å². The fourth-order valence-corrected chi connectivity index (χ4v) is 2.59. The molecule has 0 radical (unpaired) electrons. The minimum atomic E-state index is -0.958. The first-order valence-corrected chi connectivity index (χ1v) is 7.90. The highest BCUT2D eigenvalue weighted by atomic mass is 16.4. The molecule has 2 aromatic rings. The summed E-state index contributed by atoms with van der Waals surface area (Å²) >= 11 is 0. The average molecular weight is 325 g/mol. The number of carboxylic acids is 1. The van der Waals surface area contributed by atoms with E-state index in [4.69, 9.17) is 0 Å². The zero-order valence-electron chi connectivity index (χ0n) is 14.5. The van der Waals surface area contributed by atoms with E-state index in [0.717, 1.165) is 16.7 Å². The van der Waals surface area contributed by atoms with E-state index in [1.807, 2.05) is 32.0 Å². The number of anilines is 1. The van der Waals surface area contributed by atoms with E-state index < -0.39 is 11.4 Å². The Hall–Kier alpha value is -2.62. The molecule has 2 N–H and O–H groups in total. The van der Waals surface area contributed by atoms with Crippen molar-refractivity contribution in [2.75, 3.05) is 5.32 Å². The maximum Gasteiger partial charge on any atom is 0.313 e. The van der Waals surface area contributed by atoms with Crippen LogP contribution in [0.3, 0.4) is 0 Å². The molecule has 24 heavy (non-hydrogen) atoms. The quantitative estimate of drug-likeness (QED) is 0.877. The standard InChI is InChI=1S/C20H23NO3/c1-13-6-5-7-14(2)17(13)12-18(22)21-16-10-8-15(9-11-16)20(3,4)19(23)24/h5-11H,12H2,1-4H3,(H,21,22)(H,23,24). The number of nitrogens with one attached hydrogen (secondary N) is 1. The van der Waals surface area contributed by atoms with Gasteiger partial charge in [0.15, 0.2) is 0 Å². The first-order valence-electron chi connectivity index (χ1n) is 7.90. The van der Waals surface area contributed by atoms with E-state index in [-0.39, 0.29) is 5.91 Å². The van der Waals surface area contributed by atoms with Crippen molar-refractivity contribution in [3.63, 3.8) is 0 Å². The van der Waals surface area contributed by atoms with Gasteiger partial charge in [-0.05, 0) is 62.1 Å². The molecular formula is C20H23NO3. The molecule has 126 valence electrons. The lowest BCUT2D eigenvalue weighted by molar-refractivity contribution is -0.142. The van der Waals surface area contributed by atoms with Crippen molar-refractivity contribution in [2.45, 2.75) is 39.5 Å². The molecule has 1 amide bonds. The number of hydrogen-bond acceptors (Lipinski definition) is 2. The average Bonchev–Trinajstić information content (AvgIpc) is 2.51. The topological polar surface area (TPSA) is 66.4 Å². The van der Waals surface area contributed by atoms with Crippen molar-refractivity contribution in [3.8, 4) is 0 Å². The number of hydrogen-bond donors (Lipinski definition) is 2. The number of carboxylic acid groups (broad SMARTS) is 1. The summed E-state index contributed by atoms with van der Waals surface area (Å²) in [6.07, 6.45) is 0.320. The van der Waals surface area contributed by atoms with Crippen LogP contribution in [0.2, 0.25) is 0 Å². The van der Waals surface area contributed by atoms with Crippen LogP contribution in [0.15, 0.2) is 42.5 Å². The molecule has 0 spiro atoms. The van der Waals surface area contributed by atoms with Crippen LogP contribution in [0.4, 0.5) is 5.69 Å². The Kier molecular flexibility index (Phi) is 5.07. The summed E-state index contributed by atoms with van der Waals surface area (Å²) in [7, 11) is 0. The summed E-state index contributed by atoms with van der Waals surface area (Å²) in [5, 5.41) is 12.1. The Balaban J connectivity index is 2.09. The molecule has 0 unspecified atom stereocenters. The summed E-state index contributed by atoms with van der Waals surface area (Å²) in [6.45, 7) is 7.31. The molecule has 0 aliphatic rings. The second-order valence-corrected chi connectivity index (χ2v) is 6.60. The molecule has 0 fully saturated rings. The minimum absolute atomic E-state index is 0.0855. The van der Waals surface area contributed by atoms with Crippen LogP contribution in [0.5, 0.6) is 0 Å². The van der Waals surface area contributed by atoms with Gasteiger partial charge in [0.05, 0.1) is 11.8 Å². The smallest absolute Gasteiger partial charge is 0.313 e. The van der Waals surface area contributed by atoms with Crippen LogP contribution in [-0.4, -0.2) is 17.0 Å². The highest BCUT2D eigenvalue weighted by Gasteiger charge is 2.29. The molecular weight excluding hydrogens is 302 g/mol. The highest BCUT2D eigenvalue weighted by Crippen LogP contribution is 2.25. The molecule has 2 rings (SSSR count). The number of carbonyl (C=O) groups is 2. The largest absolute Gasteiger partial charge is 0.481 e. The lowest BCUT2D eigenvalue weighted by atomic mass is 9.85. The maximum atomic E-state index is 12.3. The Labute approximate surface area is 142 Å². The van der Waals surface area contributed by atoms with Crippen molar-refractivity contribution in [2.24, 2.45) is 0 Å². The predicted molar refractivity (Wildman–Crippen MR) is 95.4 cm³/mol. The predicted octanol–water partition coefficient (Wildman–Crippen LogP) is 3.85. The lowest BCUT2D eigenvalue weighted by Crippen LogP contribution is -2.28. The van der Waals surface area contributed by atoms with Crippen molar-refractivity contribution in [3.05, 3.63) is 64.7 Å². The first kappa shape index (κ1) is 17.7. The van der Waals surface area contributed by atoms with Gasteiger partial charge in [-0.15, -0.1) is 0 Å². The van der Waals surface area contributed by atoms with E-state index in [2.05, 4.69) is 5.32 Å². The summed E-state index contributed by atoms with van der Waals surface area (Å²) in [4.78, 5) is 23.6.